The van der Waals surface area contributed by atoms with Gasteiger partial charge in [0.2, 0.25) is 0 Å². The molecule has 7 heteroatoms. The maximum Gasteiger partial charge on any atom is 0.256 e. The first-order valence-corrected chi connectivity index (χ1v) is 9.60. The van der Waals surface area contributed by atoms with Crippen LogP contribution in [-0.2, 0) is 12.8 Å². The fraction of sp³-hybridized carbons (Fsp3) is 0.130. The quantitative estimate of drug-likeness (QED) is 0.527. The molecule has 4 aromatic rings. The molecule has 1 N–H and O–H groups in total. The molecule has 6 nitrogen and oxygen atoms in total. The summed E-state index contributed by atoms with van der Waals surface area (Å²) in [6.07, 6.45) is 1.52. The van der Waals surface area contributed by atoms with Crippen LogP contribution in [0.2, 0.25) is 0 Å². The molecule has 0 aliphatic heterocycles. The minimum absolute atomic E-state index is 0.0743. The maximum absolute atomic E-state index is 14.4. The largest absolute Gasteiger partial charge is 0.319 e. The summed E-state index contributed by atoms with van der Waals surface area (Å²) in [4.78, 5) is 12.9. The van der Waals surface area contributed by atoms with Gasteiger partial charge in [0.15, 0.2) is 5.82 Å². The monoisotopic (exact) mass is 401 g/mol. The zero-order chi connectivity index (χ0) is 20.9. The molecule has 1 aromatic heterocycles. The van der Waals surface area contributed by atoms with Crippen molar-refractivity contribution in [2.24, 2.45) is 0 Å². The minimum atomic E-state index is -0.528. The van der Waals surface area contributed by atoms with Crippen molar-refractivity contribution in [1.29, 1.82) is 0 Å². The van der Waals surface area contributed by atoms with E-state index in [0.29, 0.717) is 23.5 Å². The van der Waals surface area contributed by atoms with Crippen LogP contribution in [-0.4, -0.2) is 26.1 Å². The van der Waals surface area contributed by atoms with Gasteiger partial charge in [-0.25, -0.2) is 4.39 Å². The molecule has 0 atom stereocenters. The maximum atomic E-state index is 14.4. The van der Waals surface area contributed by atoms with Crippen molar-refractivity contribution in [3.05, 3.63) is 101 Å². The summed E-state index contributed by atoms with van der Waals surface area (Å²) >= 11 is 0. The number of tetrazole rings is 1. The van der Waals surface area contributed by atoms with Gasteiger partial charge >= 0.3 is 0 Å². The molecule has 1 amide bonds. The Morgan fingerprint density at radius 1 is 1.00 bits per heavy atom. The predicted molar refractivity (Wildman–Crippen MR) is 112 cm³/mol. The molecule has 3 aromatic carbocycles. The molecule has 0 saturated heterocycles. The highest BCUT2D eigenvalue weighted by molar-refractivity contribution is 6.05. The summed E-state index contributed by atoms with van der Waals surface area (Å²) in [5.41, 5.74) is 3.27. The number of carbonyl (C=O) groups excluding carboxylic acids is 1. The molecule has 0 aliphatic carbocycles. The summed E-state index contributed by atoms with van der Waals surface area (Å²) < 4.78 is 15.9. The van der Waals surface area contributed by atoms with Crippen molar-refractivity contribution in [1.82, 2.24) is 20.2 Å². The van der Waals surface area contributed by atoms with Crippen LogP contribution in [0.25, 0.3) is 5.69 Å². The molecular weight excluding hydrogens is 381 g/mol. The molecule has 150 valence electrons. The lowest BCUT2D eigenvalue weighted by atomic mass is 9.99. The molecule has 30 heavy (non-hydrogen) atoms. The second-order valence-corrected chi connectivity index (χ2v) is 6.90. The molecule has 1 heterocycles. The van der Waals surface area contributed by atoms with Crippen LogP contribution in [0.5, 0.6) is 0 Å². The van der Waals surface area contributed by atoms with E-state index in [-0.39, 0.29) is 11.6 Å². The average molecular weight is 401 g/mol. The zero-order valence-electron chi connectivity index (χ0n) is 16.4. The van der Waals surface area contributed by atoms with Gasteiger partial charge in [-0.3, -0.25) is 4.79 Å². The normalized spacial score (nSPS) is 10.7. The highest BCUT2D eigenvalue weighted by Gasteiger charge is 2.15. The lowest BCUT2D eigenvalue weighted by Gasteiger charge is -2.12. The number of aryl methyl sites for hydroxylation is 3. The van der Waals surface area contributed by atoms with Gasteiger partial charge in [0.25, 0.3) is 5.91 Å². The topological polar surface area (TPSA) is 72.7 Å². The van der Waals surface area contributed by atoms with Crippen molar-refractivity contribution < 1.29 is 9.18 Å². The molecule has 0 spiro atoms. The van der Waals surface area contributed by atoms with Gasteiger partial charge in [-0.05, 0) is 65.6 Å². The van der Waals surface area contributed by atoms with Crippen LogP contribution >= 0.6 is 0 Å². The van der Waals surface area contributed by atoms with Gasteiger partial charge in [0, 0.05) is 5.56 Å². The van der Waals surface area contributed by atoms with Gasteiger partial charge in [-0.2, -0.15) is 4.68 Å². The molecular formula is C23H20FN5O. The van der Waals surface area contributed by atoms with E-state index in [1.165, 1.54) is 22.4 Å². The molecule has 0 unspecified atom stereocenters. The Morgan fingerprint density at radius 3 is 2.53 bits per heavy atom. The van der Waals surface area contributed by atoms with Crippen LogP contribution in [0.1, 0.15) is 27.3 Å². The smallest absolute Gasteiger partial charge is 0.256 e. The SMILES string of the molecule is Cc1nnnn1-c1ccc(F)c(NC(=O)c2ccccc2CCc2ccccc2)c1. The van der Waals surface area contributed by atoms with Gasteiger partial charge in [0.05, 0.1) is 11.4 Å². The Balaban J connectivity index is 1.55. The number of hydrogen-bond donors (Lipinski definition) is 1. The van der Waals surface area contributed by atoms with E-state index in [1.807, 2.05) is 30.3 Å². The van der Waals surface area contributed by atoms with Crippen molar-refractivity contribution in [2.45, 2.75) is 19.8 Å². The third-order valence-corrected chi connectivity index (χ3v) is 4.86. The first-order chi connectivity index (χ1) is 14.6. The van der Waals surface area contributed by atoms with Gasteiger partial charge in [-0.15, -0.1) is 5.10 Å². The number of anilines is 1. The fourth-order valence-electron chi connectivity index (χ4n) is 3.28. The van der Waals surface area contributed by atoms with Crippen LogP contribution in [0.4, 0.5) is 10.1 Å². The van der Waals surface area contributed by atoms with E-state index >= 15 is 0 Å². The number of hydrogen-bond acceptors (Lipinski definition) is 4. The number of halogens is 1. The van der Waals surface area contributed by atoms with Crippen LogP contribution in [0.3, 0.4) is 0 Å². The number of carbonyl (C=O) groups is 1. The number of rotatable bonds is 6. The van der Waals surface area contributed by atoms with E-state index in [1.54, 1.807) is 25.1 Å². The van der Waals surface area contributed by atoms with E-state index in [4.69, 9.17) is 0 Å². The lowest BCUT2D eigenvalue weighted by molar-refractivity contribution is 0.102. The first kappa shape index (κ1) is 19.4. The van der Waals surface area contributed by atoms with Crippen molar-refractivity contribution >= 4 is 11.6 Å². The summed E-state index contributed by atoms with van der Waals surface area (Å²) in [5, 5.41) is 14.0. The van der Waals surface area contributed by atoms with Gasteiger partial charge < -0.3 is 5.32 Å². The fourth-order valence-corrected chi connectivity index (χ4v) is 3.28. The van der Waals surface area contributed by atoms with Crippen molar-refractivity contribution in [3.8, 4) is 5.69 Å². The van der Waals surface area contributed by atoms with Crippen LogP contribution in [0.15, 0.2) is 72.8 Å². The number of nitrogens with zero attached hydrogens (tertiary/aromatic N) is 4. The molecule has 0 aliphatic rings. The molecule has 4 rings (SSSR count). The summed E-state index contributed by atoms with van der Waals surface area (Å²) in [6.45, 7) is 1.74. The Hall–Kier alpha value is -3.87. The van der Waals surface area contributed by atoms with E-state index < -0.39 is 5.82 Å². The Labute approximate surface area is 173 Å². The summed E-state index contributed by atoms with van der Waals surface area (Å²) in [6, 6.07) is 21.8. The number of aromatic nitrogens is 4. The molecule has 0 fully saturated rings. The number of nitrogens with one attached hydrogen (secondary N) is 1. The van der Waals surface area contributed by atoms with Crippen LogP contribution < -0.4 is 5.32 Å². The first-order valence-electron chi connectivity index (χ1n) is 9.60. The minimum Gasteiger partial charge on any atom is -0.319 e. The van der Waals surface area contributed by atoms with Gasteiger partial charge in [0.1, 0.15) is 5.82 Å². The number of amides is 1. The number of benzene rings is 3. The molecule has 0 bridgehead atoms. The third-order valence-electron chi connectivity index (χ3n) is 4.86. The lowest BCUT2D eigenvalue weighted by Crippen LogP contribution is -2.16. The van der Waals surface area contributed by atoms with Crippen LogP contribution in [0, 0.1) is 12.7 Å². The Bertz CT molecular complexity index is 1170. The van der Waals surface area contributed by atoms with Crippen molar-refractivity contribution in [2.75, 3.05) is 5.32 Å². The van der Waals surface area contributed by atoms with Gasteiger partial charge in [-0.1, -0.05) is 48.5 Å². The van der Waals surface area contributed by atoms with E-state index in [0.717, 1.165) is 12.0 Å². The highest BCUT2D eigenvalue weighted by Crippen LogP contribution is 2.21. The van der Waals surface area contributed by atoms with Crippen molar-refractivity contribution in [3.63, 3.8) is 0 Å². The van der Waals surface area contributed by atoms with E-state index in [2.05, 4.69) is 33.0 Å². The summed E-state index contributed by atoms with van der Waals surface area (Å²) in [7, 11) is 0. The predicted octanol–water partition coefficient (Wildman–Crippen LogP) is 4.15. The second-order valence-electron chi connectivity index (χ2n) is 6.90. The molecule has 0 saturated carbocycles. The zero-order valence-corrected chi connectivity index (χ0v) is 16.4. The highest BCUT2D eigenvalue weighted by atomic mass is 19.1. The average Bonchev–Trinajstić information content (AvgIpc) is 3.20. The van der Waals surface area contributed by atoms with E-state index in [9.17, 15) is 9.18 Å². The molecule has 0 radical (unpaired) electrons. The third kappa shape index (κ3) is 4.25. The summed E-state index contributed by atoms with van der Waals surface area (Å²) in [5.74, 6) is -0.326. The Kier molecular flexibility index (Phi) is 5.61. The second kappa shape index (κ2) is 8.65. The Morgan fingerprint density at radius 2 is 1.77 bits per heavy atom. The standard InChI is InChI=1S/C23H20FN5O/c1-16-26-27-28-29(16)19-13-14-21(24)22(15-19)25-23(30)20-10-6-5-9-18(20)12-11-17-7-3-2-4-8-17/h2-10,13-15H,11-12H2,1H3,(H,25,30).